The SMILES string of the molecule is CCCOC(C)C(C)[PH](=O)O. The van der Waals surface area contributed by atoms with Gasteiger partial charge in [0.25, 0.3) is 0 Å². The lowest BCUT2D eigenvalue weighted by Gasteiger charge is -2.17. The quantitative estimate of drug-likeness (QED) is 0.654. The van der Waals surface area contributed by atoms with E-state index in [-0.39, 0.29) is 11.8 Å². The minimum Gasteiger partial charge on any atom is -0.378 e. The number of ether oxygens (including phenoxy) is 1. The van der Waals surface area contributed by atoms with Gasteiger partial charge in [-0.1, -0.05) is 13.8 Å². The van der Waals surface area contributed by atoms with Crippen LogP contribution in [0.25, 0.3) is 0 Å². The first-order valence-electron chi connectivity index (χ1n) is 3.94. The highest BCUT2D eigenvalue weighted by atomic mass is 31.1. The lowest BCUT2D eigenvalue weighted by atomic mass is 10.3. The third-order valence-electron chi connectivity index (χ3n) is 1.68. The largest absolute Gasteiger partial charge is 0.378 e. The van der Waals surface area contributed by atoms with Crippen molar-refractivity contribution in [1.82, 2.24) is 0 Å². The first-order valence-corrected chi connectivity index (χ1v) is 5.37. The molecule has 0 bridgehead atoms. The molecule has 4 heteroatoms. The van der Waals surface area contributed by atoms with Gasteiger partial charge in [0.1, 0.15) is 0 Å². The molecule has 0 spiro atoms. The van der Waals surface area contributed by atoms with Crippen molar-refractivity contribution in [2.75, 3.05) is 6.61 Å². The van der Waals surface area contributed by atoms with Gasteiger partial charge in [-0.25, -0.2) is 0 Å². The molecule has 0 aromatic heterocycles. The van der Waals surface area contributed by atoms with Crippen LogP contribution < -0.4 is 0 Å². The van der Waals surface area contributed by atoms with Crippen LogP contribution in [-0.2, 0) is 9.30 Å². The third kappa shape index (κ3) is 4.57. The van der Waals surface area contributed by atoms with Crippen molar-refractivity contribution in [2.24, 2.45) is 0 Å². The Bertz CT molecular complexity index is 127. The zero-order valence-corrected chi connectivity index (χ0v) is 8.33. The molecular weight excluding hydrogens is 163 g/mol. The van der Waals surface area contributed by atoms with Crippen LogP contribution in [0.1, 0.15) is 27.2 Å². The van der Waals surface area contributed by atoms with Gasteiger partial charge >= 0.3 is 0 Å². The molecule has 0 aliphatic carbocycles. The number of rotatable bonds is 5. The molecule has 1 N–H and O–H groups in total. The van der Waals surface area contributed by atoms with Gasteiger partial charge in [0.05, 0.1) is 11.8 Å². The van der Waals surface area contributed by atoms with E-state index in [0.717, 1.165) is 6.42 Å². The zero-order chi connectivity index (χ0) is 8.85. The second-order valence-corrected chi connectivity index (χ2v) is 4.29. The van der Waals surface area contributed by atoms with E-state index in [9.17, 15) is 4.57 Å². The summed E-state index contributed by atoms with van der Waals surface area (Å²) >= 11 is 0. The maximum atomic E-state index is 10.6. The Morgan fingerprint density at radius 1 is 1.55 bits per heavy atom. The maximum absolute atomic E-state index is 10.6. The maximum Gasteiger partial charge on any atom is 0.194 e. The van der Waals surface area contributed by atoms with E-state index in [0.29, 0.717) is 6.61 Å². The summed E-state index contributed by atoms with van der Waals surface area (Å²) < 4.78 is 15.9. The third-order valence-corrected chi connectivity index (χ3v) is 2.93. The van der Waals surface area contributed by atoms with Crippen molar-refractivity contribution in [2.45, 2.75) is 39.0 Å². The summed E-state index contributed by atoms with van der Waals surface area (Å²) in [5.74, 6) is 0. The lowest BCUT2D eigenvalue weighted by molar-refractivity contribution is 0.0650. The van der Waals surface area contributed by atoms with Gasteiger partial charge in [-0.05, 0) is 13.3 Å². The highest BCUT2D eigenvalue weighted by Gasteiger charge is 2.16. The van der Waals surface area contributed by atoms with Crippen LogP contribution in [0.5, 0.6) is 0 Å². The fraction of sp³-hybridized carbons (Fsp3) is 1.00. The van der Waals surface area contributed by atoms with Crippen LogP contribution in [0.15, 0.2) is 0 Å². The molecule has 3 atom stereocenters. The number of hydrogen-bond acceptors (Lipinski definition) is 2. The van der Waals surface area contributed by atoms with Crippen molar-refractivity contribution >= 4 is 8.03 Å². The molecule has 0 rings (SSSR count). The molecule has 3 nitrogen and oxygen atoms in total. The van der Waals surface area contributed by atoms with Crippen LogP contribution in [0.2, 0.25) is 0 Å². The van der Waals surface area contributed by atoms with Gasteiger partial charge in [0.15, 0.2) is 8.03 Å². The van der Waals surface area contributed by atoms with Gasteiger partial charge in [-0.15, -0.1) is 0 Å². The van der Waals surface area contributed by atoms with E-state index in [1.807, 2.05) is 13.8 Å². The molecule has 0 heterocycles. The van der Waals surface area contributed by atoms with E-state index in [2.05, 4.69) is 0 Å². The van der Waals surface area contributed by atoms with Crippen molar-refractivity contribution in [1.29, 1.82) is 0 Å². The Hall–Kier alpha value is 0.150. The van der Waals surface area contributed by atoms with Crippen LogP contribution in [-0.4, -0.2) is 23.3 Å². The predicted molar refractivity (Wildman–Crippen MR) is 46.4 cm³/mol. The fourth-order valence-electron chi connectivity index (χ4n) is 0.649. The summed E-state index contributed by atoms with van der Waals surface area (Å²) in [6.07, 6.45) is 0.843. The molecule has 0 fully saturated rings. The normalized spacial score (nSPS) is 19.3. The van der Waals surface area contributed by atoms with Gasteiger partial charge in [-0.2, -0.15) is 0 Å². The van der Waals surface area contributed by atoms with E-state index in [1.165, 1.54) is 0 Å². The Labute approximate surface area is 68.6 Å². The molecule has 11 heavy (non-hydrogen) atoms. The van der Waals surface area contributed by atoms with Crippen molar-refractivity contribution < 1.29 is 14.2 Å². The Morgan fingerprint density at radius 3 is 2.45 bits per heavy atom. The Morgan fingerprint density at radius 2 is 2.09 bits per heavy atom. The van der Waals surface area contributed by atoms with Crippen molar-refractivity contribution in [3.8, 4) is 0 Å². The average Bonchev–Trinajstić information content (AvgIpc) is 1.98. The first kappa shape index (κ1) is 11.2. The lowest BCUT2D eigenvalue weighted by Crippen LogP contribution is -2.20. The molecule has 3 unspecified atom stereocenters. The molecule has 0 saturated carbocycles. The second kappa shape index (κ2) is 5.76. The second-order valence-electron chi connectivity index (χ2n) is 2.70. The summed E-state index contributed by atoms with van der Waals surface area (Å²) in [5, 5.41) is 0. The molecule has 0 amide bonds. The molecule has 0 aliphatic rings. The highest BCUT2D eigenvalue weighted by Crippen LogP contribution is 2.25. The van der Waals surface area contributed by atoms with Crippen LogP contribution >= 0.6 is 8.03 Å². The van der Waals surface area contributed by atoms with Crippen LogP contribution in [0, 0.1) is 0 Å². The number of hydrogen-bond donors (Lipinski definition) is 1. The van der Waals surface area contributed by atoms with Gasteiger partial charge in [0.2, 0.25) is 0 Å². The Kier molecular flexibility index (Phi) is 5.83. The summed E-state index contributed by atoms with van der Waals surface area (Å²) in [6.45, 7) is 6.25. The predicted octanol–water partition coefficient (Wildman–Crippen LogP) is 1.66. The summed E-state index contributed by atoms with van der Waals surface area (Å²) in [7, 11) is -2.42. The topological polar surface area (TPSA) is 46.5 Å². The fourth-order valence-corrected chi connectivity index (χ4v) is 1.15. The summed E-state index contributed by atoms with van der Waals surface area (Å²) in [6, 6.07) is 0. The summed E-state index contributed by atoms with van der Waals surface area (Å²) in [5.41, 5.74) is -0.230. The van der Waals surface area contributed by atoms with E-state index in [4.69, 9.17) is 9.63 Å². The molecule has 0 radical (unpaired) electrons. The average molecular weight is 180 g/mol. The minimum atomic E-state index is -2.42. The Balaban J connectivity index is 3.63. The molecule has 68 valence electrons. The van der Waals surface area contributed by atoms with E-state index >= 15 is 0 Å². The van der Waals surface area contributed by atoms with Crippen LogP contribution in [0.4, 0.5) is 0 Å². The molecule has 0 aromatic carbocycles. The highest BCUT2D eigenvalue weighted by molar-refractivity contribution is 7.38. The molecule has 0 aromatic rings. The molecular formula is C7H17O3P. The summed E-state index contributed by atoms with van der Waals surface area (Å²) in [4.78, 5) is 8.76. The minimum absolute atomic E-state index is 0.105. The van der Waals surface area contributed by atoms with Crippen molar-refractivity contribution in [3.05, 3.63) is 0 Å². The zero-order valence-electron chi connectivity index (χ0n) is 7.33. The first-order chi connectivity index (χ1) is 5.09. The molecule has 0 aliphatic heterocycles. The molecule has 0 saturated heterocycles. The van der Waals surface area contributed by atoms with Gasteiger partial charge in [0, 0.05) is 6.61 Å². The van der Waals surface area contributed by atoms with E-state index in [1.54, 1.807) is 6.92 Å². The smallest absolute Gasteiger partial charge is 0.194 e. The van der Waals surface area contributed by atoms with Gasteiger partial charge in [-0.3, -0.25) is 4.57 Å². The van der Waals surface area contributed by atoms with Crippen LogP contribution in [0.3, 0.4) is 0 Å². The van der Waals surface area contributed by atoms with Crippen molar-refractivity contribution in [3.63, 3.8) is 0 Å². The van der Waals surface area contributed by atoms with Gasteiger partial charge < -0.3 is 9.63 Å². The standard InChI is InChI=1S/C7H17O3P/c1-4-5-10-6(2)7(3)11(8)9/h6-7,11H,4-5H2,1-3H3,(H,8,9). The monoisotopic (exact) mass is 180 g/mol. The van der Waals surface area contributed by atoms with E-state index < -0.39 is 8.03 Å².